The molecule has 1 atom stereocenters. The molecule has 19 heavy (non-hydrogen) atoms. The molecule has 1 aromatic rings. The number of methoxy groups -OCH3 is 1. The first kappa shape index (κ1) is 14.4. The van der Waals surface area contributed by atoms with Gasteiger partial charge in [0.05, 0.1) is 7.11 Å². The Morgan fingerprint density at radius 3 is 2.79 bits per heavy atom. The van der Waals surface area contributed by atoms with Crippen molar-refractivity contribution in [2.75, 3.05) is 20.2 Å². The van der Waals surface area contributed by atoms with E-state index in [-0.39, 0.29) is 0 Å². The van der Waals surface area contributed by atoms with E-state index in [1.165, 1.54) is 42.5 Å². The van der Waals surface area contributed by atoms with E-state index in [0.29, 0.717) is 6.04 Å². The zero-order valence-electron chi connectivity index (χ0n) is 12.4. The van der Waals surface area contributed by atoms with Crippen LogP contribution < -0.4 is 15.4 Å². The highest BCUT2D eigenvalue weighted by Crippen LogP contribution is 2.23. The minimum absolute atomic E-state index is 0.647. The van der Waals surface area contributed by atoms with Crippen molar-refractivity contribution < 1.29 is 4.74 Å². The van der Waals surface area contributed by atoms with Gasteiger partial charge in [0.15, 0.2) is 0 Å². The molecule has 0 amide bonds. The Morgan fingerprint density at radius 2 is 2.11 bits per heavy atom. The van der Waals surface area contributed by atoms with Gasteiger partial charge in [0.2, 0.25) is 0 Å². The second-order valence-corrected chi connectivity index (χ2v) is 5.45. The molecule has 1 aromatic carbocycles. The Kier molecular flexibility index (Phi) is 5.23. The summed E-state index contributed by atoms with van der Waals surface area (Å²) in [5.74, 6) is 0.982. The van der Waals surface area contributed by atoms with Crippen LogP contribution in [-0.4, -0.2) is 26.2 Å². The summed E-state index contributed by atoms with van der Waals surface area (Å²) in [5.41, 5.74) is 3.95. The van der Waals surface area contributed by atoms with Gasteiger partial charge in [0, 0.05) is 19.1 Å². The third-order valence-electron chi connectivity index (χ3n) is 4.19. The molecule has 106 valence electrons. The average molecular weight is 262 g/mol. The summed E-state index contributed by atoms with van der Waals surface area (Å²) in [5, 5.41) is 7.14. The van der Waals surface area contributed by atoms with Crippen molar-refractivity contribution in [3.8, 4) is 5.75 Å². The summed E-state index contributed by atoms with van der Waals surface area (Å²) < 4.78 is 5.35. The van der Waals surface area contributed by atoms with Crippen LogP contribution in [0.5, 0.6) is 5.75 Å². The molecule has 0 spiro atoms. The van der Waals surface area contributed by atoms with Crippen LogP contribution in [0.15, 0.2) is 12.1 Å². The Labute approximate surface area is 116 Å². The van der Waals surface area contributed by atoms with Crippen molar-refractivity contribution in [3.63, 3.8) is 0 Å². The molecule has 2 N–H and O–H groups in total. The van der Waals surface area contributed by atoms with Crippen LogP contribution in [0.1, 0.15) is 36.0 Å². The minimum atomic E-state index is 0.647. The molecule has 3 heteroatoms. The maximum absolute atomic E-state index is 5.35. The van der Waals surface area contributed by atoms with E-state index in [2.05, 4.69) is 36.6 Å². The van der Waals surface area contributed by atoms with Crippen LogP contribution in [0, 0.1) is 13.8 Å². The molecule has 0 radical (unpaired) electrons. The maximum atomic E-state index is 5.35. The minimum Gasteiger partial charge on any atom is -0.496 e. The third kappa shape index (κ3) is 3.71. The van der Waals surface area contributed by atoms with Crippen LogP contribution >= 0.6 is 0 Å². The number of hydrogen-bond acceptors (Lipinski definition) is 3. The van der Waals surface area contributed by atoms with E-state index in [4.69, 9.17) is 4.74 Å². The number of nitrogens with one attached hydrogen (secondary N) is 2. The van der Waals surface area contributed by atoms with Gasteiger partial charge in [0.25, 0.3) is 0 Å². The quantitative estimate of drug-likeness (QED) is 0.855. The van der Waals surface area contributed by atoms with Gasteiger partial charge in [0.1, 0.15) is 5.75 Å². The van der Waals surface area contributed by atoms with E-state index in [1.54, 1.807) is 7.11 Å². The Morgan fingerprint density at radius 1 is 1.26 bits per heavy atom. The number of hydrogen-bond donors (Lipinski definition) is 2. The van der Waals surface area contributed by atoms with Gasteiger partial charge in [-0.1, -0.05) is 12.5 Å². The average Bonchev–Trinajstić information content (AvgIpc) is 2.45. The number of ether oxygens (including phenoxy) is 1. The number of piperidine rings is 1. The van der Waals surface area contributed by atoms with Crippen LogP contribution in [-0.2, 0) is 6.54 Å². The molecular weight excluding hydrogens is 236 g/mol. The highest BCUT2D eigenvalue weighted by Gasteiger charge is 2.12. The molecule has 1 heterocycles. The van der Waals surface area contributed by atoms with Gasteiger partial charge in [-0.25, -0.2) is 0 Å². The molecule has 2 rings (SSSR count). The van der Waals surface area contributed by atoms with Gasteiger partial charge >= 0.3 is 0 Å². The van der Waals surface area contributed by atoms with E-state index >= 15 is 0 Å². The second kappa shape index (κ2) is 6.92. The maximum Gasteiger partial charge on any atom is 0.122 e. The summed E-state index contributed by atoms with van der Waals surface area (Å²) in [7, 11) is 1.73. The van der Waals surface area contributed by atoms with Crippen LogP contribution in [0.4, 0.5) is 0 Å². The largest absolute Gasteiger partial charge is 0.496 e. The van der Waals surface area contributed by atoms with Gasteiger partial charge in [-0.3, -0.25) is 0 Å². The Bertz CT molecular complexity index is 411. The topological polar surface area (TPSA) is 33.3 Å². The molecule has 0 bridgehead atoms. The monoisotopic (exact) mass is 262 g/mol. The van der Waals surface area contributed by atoms with Crippen LogP contribution in [0.2, 0.25) is 0 Å². The van der Waals surface area contributed by atoms with E-state index in [1.807, 2.05) is 0 Å². The fourth-order valence-corrected chi connectivity index (χ4v) is 2.74. The zero-order chi connectivity index (χ0) is 13.7. The summed E-state index contributed by atoms with van der Waals surface area (Å²) in [6.07, 6.45) is 3.99. The normalized spacial score (nSPS) is 19.4. The van der Waals surface area contributed by atoms with Gasteiger partial charge in [-0.05, 0) is 56.0 Å². The summed E-state index contributed by atoms with van der Waals surface area (Å²) in [6, 6.07) is 4.88. The Hall–Kier alpha value is -1.06. The summed E-state index contributed by atoms with van der Waals surface area (Å²) in [6.45, 7) is 7.47. The summed E-state index contributed by atoms with van der Waals surface area (Å²) >= 11 is 0. The number of rotatable bonds is 5. The lowest BCUT2D eigenvalue weighted by atomic mass is 10.0. The predicted molar refractivity (Wildman–Crippen MR) is 79.8 cm³/mol. The molecule has 0 aliphatic carbocycles. The SMILES string of the molecule is COc1ccc(CNCC2CCCCN2)c(C)c1C. The van der Waals surface area contributed by atoms with E-state index < -0.39 is 0 Å². The molecule has 0 saturated carbocycles. The van der Waals surface area contributed by atoms with Crippen molar-refractivity contribution in [2.45, 2.75) is 45.7 Å². The molecule has 1 saturated heterocycles. The summed E-state index contributed by atoms with van der Waals surface area (Å²) in [4.78, 5) is 0. The lowest BCUT2D eigenvalue weighted by Gasteiger charge is -2.24. The van der Waals surface area contributed by atoms with Crippen molar-refractivity contribution in [3.05, 3.63) is 28.8 Å². The smallest absolute Gasteiger partial charge is 0.122 e. The van der Waals surface area contributed by atoms with E-state index in [9.17, 15) is 0 Å². The first-order chi connectivity index (χ1) is 9.22. The second-order valence-electron chi connectivity index (χ2n) is 5.45. The lowest BCUT2D eigenvalue weighted by molar-refractivity contribution is 0.383. The molecule has 1 fully saturated rings. The lowest BCUT2D eigenvalue weighted by Crippen LogP contribution is -2.41. The van der Waals surface area contributed by atoms with Crippen LogP contribution in [0.3, 0.4) is 0 Å². The van der Waals surface area contributed by atoms with Crippen molar-refractivity contribution >= 4 is 0 Å². The fraction of sp³-hybridized carbons (Fsp3) is 0.625. The zero-order valence-corrected chi connectivity index (χ0v) is 12.4. The fourth-order valence-electron chi connectivity index (χ4n) is 2.74. The van der Waals surface area contributed by atoms with Gasteiger partial charge in [-0.15, -0.1) is 0 Å². The highest BCUT2D eigenvalue weighted by molar-refractivity contribution is 5.43. The molecular formula is C16H26N2O. The van der Waals surface area contributed by atoms with E-state index in [0.717, 1.165) is 18.8 Å². The van der Waals surface area contributed by atoms with Crippen molar-refractivity contribution in [2.24, 2.45) is 0 Å². The molecule has 1 aliphatic heterocycles. The first-order valence-electron chi connectivity index (χ1n) is 7.29. The molecule has 1 aliphatic rings. The Balaban J connectivity index is 1.87. The van der Waals surface area contributed by atoms with Gasteiger partial charge in [-0.2, -0.15) is 0 Å². The molecule has 0 aromatic heterocycles. The molecule has 1 unspecified atom stereocenters. The number of benzene rings is 1. The van der Waals surface area contributed by atoms with Gasteiger partial charge < -0.3 is 15.4 Å². The predicted octanol–water partition coefficient (Wildman–Crippen LogP) is 2.54. The van der Waals surface area contributed by atoms with Crippen LogP contribution in [0.25, 0.3) is 0 Å². The van der Waals surface area contributed by atoms with Crippen molar-refractivity contribution in [1.29, 1.82) is 0 Å². The van der Waals surface area contributed by atoms with Crippen molar-refractivity contribution in [1.82, 2.24) is 10.6 Å². The molecule has 3 nitrogen and oxygen atoms in total. The standard InChI is InChI=1S/C16H26N2O/c1-12-13(2)16(19-3)8-7-14(12)10-17-11-15-6-4-5-9-18-15/h7-8,15,17-18H,4-6,9-11H2,1-3H3. The third-order valence-corrected chi connectivity index (χ3v) is 4.19. The first-order valence-corrected chi connectivity index (χ1v) is 7.29. The highest BCUT2D eigenvalue weighted by atomic mass is 16.5.